The summed E-state index contributed by atoms with van der Waals surface area (Å²) in [6.07, 6.45) is -4.77. The second kappa shape index (κ2) is 22.5. The molecule has 0 aliphatic heterocycles. The highest BCUT2D eigenvalue weighted by atomic mass is 19.4. The zero-order valence-corrected chi connectivity index (χ0v) is 47.6. The molecular formula is C77H33F3N12. The highest BCUT2D eigenvalue weighted by molar-refractivity contribution is 6.14. The summed E-state index contributed by atoms with van der Waals surface area (Å²) in [6, 6.07) is 77.2. The smallest absolute Gasteiger partial charge is 0.309 e. The summed E-state index contributed by atoms with van der Waals surface area (Å²) in [7, 11) is 0. The lowest BCUT2D eigenvalue weighted by Gasteiger charge is -2.21. The highest BCUT2D eigenvalue weighted by Crippen LogP contribution is 2.47. The van der Waals surface area contributed by atoms with Gasteiger partial charge < -0.3 is 9.13 Å². The summed E-state index contributed by atoms with van der Waals surface area (Å²) in [6.45, 7) is 0. The molecule has 0 aliphatic carbocycles. The Hall–Kier alpha value is -14.3. The van der Waals surface area contributed by atoms with Crippen LogP contribution in [0.15, 0.2) is 200 Å². The molecule has 0 spiro atoms. The van der Waals surface area contributed by atoms with Gasteiger partial charge in [0.25, 0.3) is 0 Å². The van der Waals surface area contributed by atoms with E-state index < -0.39 is 11.7 Å². The predicted octanol–water partition coefficient (Wildman–Crippen LogP) is 17.6. The summed E-state index contributed by atoms with van der Waals surface area (Å²) >= 11 is 0. The Bertz CT molecular complexity index is 5510. The first-order valence-corrected chi connectivity index (χ1v) is 28.0. The molecule has 0 amide bonds. The number of rotatable bonds is 8. The standard InChI is InChI=1S/C77H33F3N12/c78-77(79,80)63-9-10-64(62(28-63)43-90)56-8-15-74(91-70-11-4-52(58-20-44(34-81)16-45(21-58)35-82)29-65(70)66-30-53(5-12-71(66)91)59-22-46(36-83)17-47(23-59)37-84)69(33-56)76-57(42-89)2-1-3-75(76)92-72-13-6-54(60-24-48(38-85)18-49(25-60)39-86)31-67(72)68-32-55(7-14-73(68)92)61-26-50(40-87)19-51(27-61)41-88/h1-33H. The van der Waals surface area contributed by atoms with Gasteiger partial charge >= 0.3 is 6.18 Å². The summed E-state index contributed by atoms with van der Waals surface area (Å²) in [4.78, 5) is 0. The fourth-order valence-corrected chi connectivity index (χ4v) is 12.2. The largest absolute Gasteiger partial charge is 0.416 e. The van der Waals surface area contributed by atoms with E-state index in [-0.39, 0.29) is 61.2 Å². The third kappa shape index (κ3) is 9.79. The van der Waals surface area contributed by atoms with Crippen molar-refractivity contribution in [3.8, 4) is 139 Å². The van der Waals surface area contributed by atoms with Crippen molar-refractivity contribution in [1.29, 1.82) is 52.6 Å². The van der Waals surface area contributed by atoms with Gasteiger partial charge in [-0.15, -0.1) is 0 Å². The van der Waals surface area contributed by atoms with Crippen molar-refractivity contribution in [2.75, 3.05) is 0 Å². The Labute approximate surface area is 522 Å². The predicted molar refractivity (Wildman–Crippen MR) is 340 cm³/mol. The fraction of sp³-hybridized carbons (Fsp3) is 0.0130. The Balaban J connectivity index is 1.14. The average Bonchev–Trinajstić information content (AvgIpc) is 1.56. The molecule has 0 atom stereocenters. The van der Waals surface area contributed by atoms with Crippen molar-refractivity contribution in [3.05, 3.63) is 261 Å². The molecule has 13 rings (SSSR count). The van der Waals surface area contributed by atoms with E-state index >= 15 is 0 Å². The minimum absolute atomic E-state index is 0.172. The number of aromatic nitrogens is 2. The lowest BCUT2D eigenvalue weighted by atomic mass is 9.91. The average molecular weight is 1180 g/mol. The SMILES string of the molecule is N#Cc1cc(C#N)cc(-c2ccc3c(c2)c2cc(-c4cc(C#N)cc(C#N)c4)ccc2n3-c2ccc(-c3ccc(C(F)(F)F)cc3C#N)cc2-c2c(C#N)cccc2-n2c3ccc(-c4cc(C#N)cc(C#N)c4)cc3c3cc(-c4cc(C#N)cc(C#N)c4)ccc32)c1. The van der Waals surface area contributed by atoms with Crippen molar-refractivity contribution in [3.63, 3.8) is 0 Å². The second-order valence-electron chi connectivity index (χ2n) is 21.6. The van der Waals surface area contributed by atoms with E-state index in [0.29, 0.717) is 116 Å². The van der Waals surface area contributed by atoms with Crippen molar-refractivity contribution in [1.82, 2.24) is 9.13 Å². The maximum Gasteiger partial charge on any atom is 0.416 e. The van der Waals surface area contributed by atoms with Gasteiger partial charge in [0.2, 0.25) is 0 Å². The Kier molecular flexibility index (Phi) is 13.9. The highest BCUT2D eigenvalue weighted by Gasteiger charge is 2.32. The maximum atomic E-state index is 14.4. The van der Waals surface area contributed by atoms with Crippen LogP contribution >= 0.6 is 0 Å². The Morgan fingerprint density at radius 2 is 0.598 bits per heavy atom. The lowest BCUT2D eigenvalue weighted by molar-refractivity contribution is -0.137. The molecule has 12 nitrogen and oxygen atoms in total. The van der Waals surface area contributed by atoms with Gasteiger partial charge in [0.05, 0.1) is 155 Å². The molecule has 92 heavy (non-hydrogen) atoms. The topological polar surface area (TPSA) is 248 Å². The van der Waals surface area contributed by atoms with E-state index in [9.17, 15) is 65.8 Å². The molecule has 422 valence electrons. The number of fused-ring (bicyclic) bond motifs is 6. The first-order valence-electron chi connectivity index (χ1n) is 28.0. The zero-order valence-electron chi connectivity index (χ0n) is 47.6. The molecule has 0 aliphatic rings. The number of halogens is 3. The normalized spacial score (nSPS) is 10.9. The summed E-state index contributed by atoms with van der Waals surface area (Å²) in [5.41, 5.74) is 10.7. The minimum Gasteiger partial charge on any atom is -0.309 e. The number of alkyl halides is 3. The Morgan fingerprint density at radius 3 is 0.924 bits per heavy atom. The van der Waals surface area contributed by atoms with Gasteiger partial charge in [0.1, 0.15) is 0 Å². The third-order valence-corrected chi connectivity index (χ3v) is 16.3. The molecule has 0 bridgehead atoms. The van der Waals surface area contributed by atoms with Crippen LogP contribution in [0.1, 0.15) is 61.2 Å². The number of nitrogens with zero attached hydrogens (tertiary/aromatic N) is 12. The second-order valence-corrected chi connectivity index (χ2v) is 21.6. The van der Waals surface area contributed by atoms with Crippen LogP contribution < -0.4 is 0 Å². The molecule has 0 N–H and O–H groups in total. The fourth-order valence-electron chi connectivity index (χ4n) is 12.2. The number of hydrogen-bond acceptors (Lipinski definition) is 10. The quantitative estimate of drug-likeness (QED) is 0.139. The molecule has 0 saturated heterocycles. The summed E-state index contributed by atoms with van der Waals surface area (Å²) in [5, 5.41) is 105. The monoisotopic (exact) mass is 1180 g/mol. The van der Waals surface area contributed by atoms with Crippen molar-refractivity contribution in [2.45, 2.75) is 6.18 Å². The van der Waals surface area contributed by atoms with Crippen LogP contribution in [0.5, 0.6) is 0 Å². The van der Waals surface area contributed by atoms with E-state index in [4.69, 9.17) is 0 Å². The molecule has 0 radical (unpaired) electrons. The van der Waals surface area contributed by atoms with Crippen molar-refractivity contribution in [2.24, 2.45) is 0 Å². The van der Waals surface area contributed by atoms with Gasteiger partial charge in [-0.3, -0.25) is 0 Å². The van der Waals surface area contributed by atoms with Crippen molar-refractivity contribution < 1.29 is 13.2 Å². The summed E-state index contributed by atoms with van der Waals surface area (Å²) in [5.74, 6) is 0. The molecule has 13 aromatic rings. The van der Waals surface area contributed by atoms with E-state index in [1.165, 1.54) is 30.3 Å². The van der Waals surface area contributed by atoms with Crippen LogP contribution in [0.4, 0.5) is 13.2 Å². The molecule has 11 aromatic carbocycles. The van der Waals surface area contributed by atoms with Crippen molar-refractivity contribution >= 4 is 43.6 Å². The molecule has 15 heteroatoms. The first kappa shape index (κ1) is 56.8. The molecular weight excluding hydrogens is 1150 g/mol. The molecule has 0 fully saturated rings. The maximum absolute atomic E-state index is 14.4. The first-order chi connectivity index (χ1) is 44.7. The van der Waals surface area contributed by atoms with Crippen LogP contribution in [-0.2, 0) is 6.18 Å². The van der Waals surface area contributed by atoms with Gasteiger partial charge in [-0.1, -0.05) is 42.5 Å². The molecule has 2 heterocycles. The summed E-state index contributed by atoms with van der Waals surface area (Å²) < 4.78 is 47.0. The molecule has 0 saturated carbocycles. The van der Waals surface area contributed by atoms with E-state index in [1.54, 1.807) is 78.9 Å². The van der Waals surface area contributed by atoms with Crippen LogP contribution in [-0.4, -0.2) is 9.13 Å². The van der Waals surface area contributed by atoms with E-state index in [1.807, 2.05) is 94.1 Å². The van der Waals surface area contributed by atoms with E-state index in [0.717, 1.165) is 12.1 Å². The zero-order chi connectivity index (χ0) is 64.1. The van der Waals surface area contributed by atoms with Gasteiger partial charge in [-0.05, 0) is 213 Å². The third-order valence-electron chi connectivity index (χ3n) is 16.3. The number of hydrogen-bond donors (Lipinski definition) is 0. The van der Waals surface area contributed by atoms with E-state index in [2.05, 4.69) is 54.6 Å². The molecule has 2 aromatic heterocycles. The minimum atomic E-state index is -4.77. The van der Waals surface area contributed by atoms with Crippen LogP contribution in [0.25, 0.3) is 122 Å². The Morgan fingerprint density at radius 1 is 0.261 bits per heavy atom. The lowest BCUT2D eigenvalue weighted by Crippen LogP contribution is -2.06. The van der Waals surface area contributed by atoms with Gasteiger partial charge in [-0.25, -0.2) is 0 Å². The van der Waals surface area contributed by atoms with Crippen LogP contribution in [0.2, 0.25) is 0 Å². The molecule has 0 unspecified atom stereocenters. The van der Waals surface area contributed by atoms with Crippen LogP contribution in [0, 0.1) is 113 Å². The van der Waals surface area contributed by atoms with Gasteiger partial charge in [-0.2, -0.15) is 65.8 Å². The number of benzene rings is 11. The van der Waals surface area contributed by atoms with Gasteiger partial charge in [0, 0.05) is 32.7 Å². The van der Waals surface area contributed by atoms with Crippen LogP contribution in [0.3, 0.4) is 0 Å². The van der Waals surface area contributed by atoms with Gasteiger partial charge in [0.15, 0.2) is 0 Å². The number of nitriles is 10.